The Morgan fingerprint density at radius 2 is 1.52 bits per heavy atom. The SMILES string of the molecule is O=C(CCc1ccc(S(=O)(=O)N2CCOCC2)cc1)OCC(=O)N1CCCCCCC1. The first kappa shape index (κ1) is 23.7. The van der Waals surface area contributed by atoms with Crippen LogP contribution >= 0.6 is 0 Å². The van der Waals surface area contributed by atoms with E-state index in [-0.39, 0.29) is 23.8 Å². The Morgan fingerprint density at radius 1 is 0.903 bits per heavy atom. The van der Waals surface area contributed by atoms with E-state index in [0.717, 1.165) is 44.3 Å². The normalized spacial score (nSPS) is 18.8. The van der Waals surface area contributed by atoms with Crippen molar-refractivity contribution in [1.82, 2.24) is 9.21 Å². The number of amides is 1. The van der Waals surface area contributed by atoms with Crippen molar-refractivity contribution in [2.45, 2.75) is 49.8 Å². The largest absolute Gasteiger partial charge is 0.456 e. The van der Waals surface area contributed by atoms with Crippen molar-refractivity contribution in [2.24, 2.45) is 0 Å². The van der Waals surface area contributed by atoms with E-state index < -0.39 is 16.0 Å². The summed E-state index contributed by atoms with van der Waals surface area (Å²) in [6.07, 6.45) is 6.05. The number of esters is 1. The molecule has 1 amide bonds. The van der Waals surface area contributed by atoms with E-state index in [1.54, 1.807) is 29.2 Å². The van der Waals surface area contributed by atoms with Crippen LogP contribution in [0.4, 0.5) is 0 Å². The molecule has 2 aliphatic rings. The van der Waals surface area contributed by atoms with Crippen LogP contribution in [0.5, 0.6) is 0 Å². The number of likely N-dealkylation sites (tertiary alicyclic amines) is 1. The number of aryl methyl sites for hydroxylation is 1. The molecule has 0 unspecified atom stereocenters. The molecule has 0 N–H and O–H groups in total. The summed E-state index contributed by atoms with van der Waals surface area (Å²) in [5.41, 5.74) is 0.841. The summed E-state index contributed by atoms with van der Waals surface area (Å²) in [6.45, 7) is 2.76. The fraction of sp³-hybridized carbons (Fsp3) is 0.636. The molecular weight excluding hydrogens is 420 g/mol. The van der Waals surface area contributed by atoms with Crippen molar-refractivity contribution >= 4 is 21.9 Å². The molecule has 172 valence electrons. The van der Waals surface area contributed by atoms with Crippen LogP contribution < -0.4 is 0 Å². The highest BCUT2D eigenvalue weighted by molar-refractivity contribution is 7.89. The summed E-state index contributed by atoms with van der Waals surface area (Å²) in [5, 5.41) is 0. The average Bonchev–Trinajstić information content (AvgIpc) is 2.77. The Hall–Kier alpha value is -1.97. The molecule has 8 nitrogen and oxygen atoms in total. The monoisotopic (exact) mass is 452 g/mol. The number of hydrogen-bond acceptors (Lipinski definition) is 6. The maximum Gasteiger partial charge on any atom is 0.306 e. The molecule has 0 aliphatic carbocycles. The molecular formula is C22H32N2O6S. The highest BCUT2D eigenvalue weighted by Crippen LogP contribution is 2.18. The zero-order valence-electron chi connectivity index (χ0n) is 18.0. The molecule has 0 atom stereocenters. The van der Waals surface area contributed by atoms with Crippen LogP contribution in [0.15, 0.2) is 29.2 Å². The van der Waals surface area contributed by atoms with Gasteiger partial charge in [-0.3, -0.25) is 9.59 Å². The van der Waals surface area contributed by atoms with Crippen LogP contribution in [0.25, 0.3) is 0 Å². The summed E-state index contributed by atoms with van der Waals surface area (Å²) >= 11 is 0. The van der Waals surface area contributed by atoms with Gasteiger partial charge in [-0.2, -0.15) is 4.31 Å². The third kappa shape index (κ3) is 7.02. The van der Waals surface area contributed by atoms with E-state index in [0.29, 0.717) is 32.7 Å². The van der Waals surface area contributed by atoms with Crippen LogP contribution in [0.3, 0.4) is 0 Å². The molecule has 0 radical (unpaired) electrons. The first-order valence-electron chi connectivity index (χ1n) is 11.1. The van der Waals surface area contributed by atoms with E-state index in [4.69, 9.17) is 9.47 Å². The predicted octanol–water partition coefficient (Wildman–Crippen LogP) is 1.98. The predicted molar refractivity (Wildman–Crippen MR) is 115 cm³/mol. The maximum atomic E-state index is 12.6. The van der Waals surface area contributed by atoms with E-state index in [9.17, 15) is 18.0 Å². The van der Waals surface area contributed by atoms with Gasteiger partial charge in [0.1, 0.15) is 0 Å². The van der Waals surface area contributed by atoms with E-state index >= 15 is 0 Å². The van der Waals surface area contributed by atoms with E-state index in [1.165, 1.54) is 10.7 Å². The number of hydrogen-bond donors (Lipinski definition) is 0. The highest BCUT2D eigenvalue weighted by atomic mass is 32.2. The number of morpholine rings is 1. The standard InChI is InChI=1S/C22H32N2O6S/c25-21(23-12-4-2-1-3-5-13-23)18-30-22(26)11-8-19-6-9-20(10-7-19)31(27,28)24-14-16-29-17-15-24/h6-7,9-10H,1-5,8,11-18H2. The van der Waals surface area contributed by atoms with Crippen molar-refractivity contribution in [3.63, 3.8) is 0 Å². The van der Waals surface area contributed by atoms with Gasteiger partial charge in [-0.15, -0.1) is 0 Å². The molecule has 3 rings (SSSR count). The van der Waals surface area contributed by atoms with Gasteiger partial charge in [0.05, 0.1) is 18.1 Å². The van der Waals surface area contributed by atoms with Gasteiger partial charge in [0.15, 0.2) is 6.61 Å². The lowest BCUT2D eigenvalue weighted by Gasteiger charge is -2.26. The fourth-order valence-corrected chi connectivity index (χ4v) is 5.22. The zero-order valence-corrected chi connectivity index (χ0v) is 18.8. The molecule has 31 heavy (non-hydrogen) atoms. The molecule has 2 fully saturated rings. The van der Waals surface area contributed by atoms with Crippen molar-refractivity contribution in [1.29, 1.82) is 0 Å². The third-order valence-electron chi connectivity index (χ3n) is 5.71. The van der Waals surface area contributed by atoms with Crippen molar-refractivity contribution in [2.75, 3.05) is 46.0 Å². The average molecular weight is 453 g/mol. The first-order chi connectivity index (χ1) is 15.0. The number of carbonyl (C=O) groups is 2. The lowest BCUT2D eigenvalue weighted by atomic mass is 10.1. The second-order valence-electron chi connectivity index (χ2n) is 7.97. The minimum absolute atomic E-state index is 0.132. The van der Waals surface area contributed by atoms with E-state index in [1.807, 2.05) is 0 Å². The summed E-state index contributed by atoms with van der Waals surface area (Å²) in [4.78, 5) is 26.4. The molecule has 2 heterocycles. The van der Waals surface area contributed by atoms with Gasteiger partial charge in [-0.1, -0.05) is 31.4 Å². The van der Waals surface area contributed by atoms with Gasteiger partial charge in [-0.25, -0.2) is 8.42 Å². The third-order valence-corrected chi connectivity index (χ3v) is 7.63. The van der Waals surface area contributed by atoms with Gasteiger partial charge in [0.25, 0.3) is 5.91 Å². The second-order valence-corrected chi connectivity index (χ2v) is 9.91. The maximum absolute atomic E-state index is 12.6. The van der Waals surface area contributed by atoms with Gasteiger partial charge < -0.3 is 14.4 Å². The van der Waals surface area contributed by atoms with Crippen LogP contribution in [0, 0.1) is 0 Å². The van der Waals surface area contributed by atoms with Gasteiger partial charge in [0.2, 0.25) is 10.0 Å². The van der Waals surface area contributed by atoms with Crippen LogP contribution in [0.2, 0.25) is 0 Å². The molecule has 0 bridgehead atoms. The van der Waals surface area contributed by atoms with Crippen molar-refractivity contribution in [3.05, 3.63) is 29.8 Å². The lowest BCUT2D eigenvalue weighted by Crippen LogP contribution is -2.40. The Morgan fingerprint density at radius 3 is 2.16 bits per heavy atom. The summed E-state index contributed by atoms with van der Waals surface area (Å²) in [7, 11) is -3.52. The molecule has 0 spiro atoms. The molecule has 2 saturated heterocycles. The van der Waals surface area contributed by atoms with Crippen molar-refractivity contribution < 1.29 is 27.5 Å². The van der Waals surface area contributed by atoms with Gasteiger partial charge in [-0.05, 0) is 37.0 Å². The van der Waals surface area contributed by atoms with E-state index in [2.05, 4.69) is 0 Å². The summed E-state index contributed by atoms with van der Waals surface area (Å²) in [5.74, 6) is -0.557. The van der Waals surface area contributed by atoms with Crippen LogP contribution in [-0.4, -0.2) is 75.5 Å². The first-order valence-corrected chi connectivity index (χ1v) is 12.5. The topological polar surface area (TPSA) is 93.2 Å². The molecule has 0 aromatic heterocycles. The van der Waals surface area contributed by atoms with Gasteiger partial charge in [0, 0.05) is 32.6 Å². The van der Waals surface area contributed by atoms with Gasteiger partial charge >= 0.3 is 5.97 Å². The fourth-order valence-electron chi connectivity index (χ4n) is 3.81. The number of rotatable bonds is 7. The molecule has 0 saturated carbocycles. The van der Waals surface area contributed by atoms with Crippen molar-refractivity contribution in [3.8, 4) is 0 Å². The summed E-state index contributed by atoms with van der Waals surface area (Å²) in [6, 6.07) is 6.56. The number of nitrogens with zero attached hydrogens (tertiary/aromatic N) is 2. The van der Waals surface area contributed by atoms with Crippen LogP contribution in [-0.2, 0) is 35.5 Å². The zero-order chi connectivity index (χ0) is 22.1. The van der Waals surface area contributed by atoms with Crippen LogP contribution in [0.1, 0.15) is 44.1 Å². The number of carbonyl (C=O) groups excluding carboxylic acids is 2. The molecule has 2 aliphatic heterocycles. The smallest absolute Gasteiger partial charge is 0.306 e. The Balaban J connectivity index is 1.43. The highest BCUT2D eigenvalue weighted by Gasteiger charge is 2.26. The Bertz CT molecular complexity index is 826. The summed E-state index contributed by atoms with van der Waals surface area (Å²) < 4.78 is 37.1. The number of ether oxygens (including phenoxy) is 2. The lowest BCUT2D eigenvalue weighted by molar-refractivity contribution is -0.152. The number of benzene rings is 1. The minimum Gasteiger partial charge on any atom is -0.456 e. The molecule has 1 aromatic carbocycles. The second kappa shape index (κ2) is 11.6. The quantitative estimate of drug-likeness (QED) is 0.588. The molecule has 9 heteroatoms. The Labute approximate surface area is 184 Å². The minimum atomic E-state index is -3.52. The molecule has 1 aromatic rings. The Kier molecular flexibility index (Phi) is 8.86. The number of sulfonamides is 1.